The Labute approximate surface area is 137 Å². The van der Waals surface area contributed by atoms with E-state index in [9.17, 15) is 0 Å². The van der Waals surface area contributed by atoms with Gasteiger partial charge in [-0.2, -0.15) is 0 Å². The second kappa shape index (κ2) is 6.27. The van der Waals surface area contributed by atoms with E-state index < -0.39 is 0 Å². The summed E-state index contributed by atoms with van der Waals surface area (Å²) in [6.07, 6.45) is 6.09. The van der Waals surface area contributed by atoms with Crippen LogP contribution in [0.5, 0.6) is 0 Å². The third-order valence-corrected chi connectivity index (χ3v) is 4.89. The normalized spacial score (nSPS) is 15.8. The highest BCUT2D eigenvalue weighted by Crippen LogP contribution is 2.42. The van der Waals surface area contributed by atoms with Gasteiger partial charge < -0.3 is 9.80 Å². The summed E-state index contributed by atoms with van der Waals surface area (Å²) in [7, 11) is 4.33. The number of halogens is 1. The van der Waals surface area contributed by atoms with Gasteiger partial charge in [-0.05, 0) is 38.6 Å². The average Bonchev–Trinajstić information content (AvgIpc) is 3.29. The van der Waals surface area contributed by atoms with Gasteiger partial charge in [0.2, 0.25) is 0 Å². The van der Waals surface area contributed by atoms with Crippen molar-refractivity contribution < 1.29 is 0 Å². The van der Waals surface area contributed by atoms with E-state index in [0.717, 1.165) is 23.8 Å². The van der Waals surface area contributed by atoms with E-state index in [1.54, 1.807) is 6.20 Å². The van der Waals surface area contributed by atoms with Crippen molar-refractivity contribution in [3.05, 3.63) is 59.4 Å². The van der Waals surface area contributed by atoms with Crippen LogP contribution < -0.4 is 4.90 Å². The summed E-state index contributed by atoms with van der Waals surface area (Å²) in [5.74, 6) is 0. The Morgan fingerprint density at radius 2 is 1.86 bits per heavy atom. The molecule has 2 aromatic rings. The lowest BCUT2D eigenvalue weighted by atomic mass is 10.1. The second-order valence-electron chi connectivity index (χ2n) is 6.29. The lowest BCUT2D eigenvalue weighted by Gasteiger charge is -2.33. The Kier molecular flexibility index (Phi) is 4.37. The van der Waals surface area contributed by atoms with Crippen molar-refractivity contribution in [2.75, 3.05) is 25.5 Å². The van der Waals surface area contributed by atoms with Crippen LogP contribution in [0.3, 0.4) is 0 Å². The molecule has 0 amide bonds. The number of rotatable bonds is 6. The van der Waals surface area contributed by atoms with Gasteiger partial charge in [0.15, 0.2) is 0 Å². The van der Waals surface area contributed by atoms with Gasteiger partial charge in [-0.15, -0.1) is 0 Å². The largest absolute Gasteiger partial charge is 0.363 e. The van der Waals surface area contributed by atoms with E-state index in [1.807, 2.05) is 18.3 Å². The number of anilines is 1. The van der Waals surface area contributed by atoms with E-state index in [2.05, 4.69) is 53.1 Å². The quantitative estimate of drug-likeness (QED) is 0.807. The zero-order chi connectivity index (χ0) is 15.6. The first-order chi connectivity index (χ1) is 10.6. The van der Waals surface area contributed by atoms with E-state index in [-0.39, 0.29) is 5.54 Å². The zero-order valence-corrected chi connectivity index (χ0v) is 13.9. The molecule has 1 fully saturated rings. The monoisotopic (exact) mass is 315 g/mol. The number of pyridine rings is 1. The van der Waals surface area contributed by atoms with Crippen LogP contribution in [0.4, 0.5) is 5.69 Å². The van der Waals surface area contributed by atoms with Gasteiger partial charge in [0, 0.05) is 24.8 Å². The molecule has 3 rings (SSSR count). The molecule has 1 aliphatic rings. The van der Waals surface area contributed by atoms with Gasteiger partial charge >= 0.3 is 0 Å². The van der Waals surface area contributed by atoms with E-state index >= 15 is 0 Å². The summed E-state index contributed by atoms with van der Waals surface area (Å²) >= 11 is 6.42. The molecule has 3 nitrogen and oxygen atoms in total. The highest BCUT2D eigenvalue weighted by molar-refractivity contribution is 6.33. The number of hydrogen-bond acceptors (Lipinski definition) is 3. The smallest absolute Gasteiger partial charge is 0.0745 e. The molecule has 0 N–H and O–H groups in total. The molecule has 0 radical (unpaired) electrons. The minimum Gasteiger partial charge on any atom is -0.363 e. The van der Waals surface area contributed by atoms with Crippen molar-refractivity contribution >= 4 is 17.3 Å². The lowest BCUT2D eigenvalue weighted by Crippen LogP contribution is -2.42. The molecule has 22 heavy (non-hydrogen) atoms. The number of aromatic nitrogens is 1. The molecule has 0 saturated heterocycles. The zero-order valence-electron chi connectivity index (χ0n) is 13.2. The summed E-state index contributed by atoms with van der Waals surface area (Å²) in [4.78, 5) is 8.96. The standard InChI is InChI=1S/C18H22ClN3/c1-21(2)18(9-10-18)14-22(13-15-6-4-3-5-7-15)17-12-20-11-8-16(17)19/h3-8,11-12H,9-10,13-14H2,1-2H3. The van der Waals surface area contributed by atoms with Crippen LogP contribution in [-0.4, -0.2) is 36.1 Å². The molecular weight excluding hydrogens is 294 g/mol. The van der Waals surface area contributed by atoms with Crippen LogP contribution in [-0.2, 0) is 6.54 Å². The van der Waals surface area contributed by atoms with E-state index in [1.165, 1.54) is 18.4 Å². The van der Waals surface area contributed by atoms with E-state index in [0.29, 0.717) is 0 Å². The van der Waals surface area contributed by atoms with Gasteiger partial charge in [0.25, 0.3) is 0 Å². The molecule has 1 heterocycles. The lowest BCUT2D eigenvalue weighted by molar-refractivity contribution is 0.273. The highest BCUT2D eigenvalue weighted by atomic mass is 35.5. The Morgan fingerprint density at radius 1 is 1.14 bits per heavy atom. The number of hydrogen-bond donors (Lipinski definition) is 0. The summed E-state index contributed by atoms with van der Waals surface area (Å²) in [5, 5.41) is 0.764. The van der Waals surface area contributed by atoms with Gasteiger partial charge in [0.1, 0.15) is 0 Å². The molecule has 0 unspecified atom stereocenters. The highest BCUT2D eigenvalue weighted by Gasteiger charge is 2.46. The van der Waals surface area contributed by atoms with Crippen LogP contribution in [0, 0.1) is 0 Å². The molecule has 1 aromatic heterocycles. The maximum absolute atomic E-state index is 6.42. The Hall–Kier alpha value is -1.58. The Morgan fingerprint density at radius 3 is 2.45 bits per heavy atom. The third kappa shape index (κ3) is 3.26. The van der Waals surface area contributed by atoms with Crippen molar-refractivity contribution in [3.63, 3.8) is 0 Å². The Bertz CT molecular complexity index is 623. The predicted octanol–water partition coefficient (Wildman–Crippen LogP) is 3.84. The molecule has 0 spiro atoms. The first-order valence-corrected chi connectivity index (χ1v) is 8.04. The third-order valence-electron chi connectivity index (χ3n) is 4.57. The minimum absolute atomic E-state index is 0.272. The van der Waals surface area contributed by atoms with Crippen LogP contribution in [0.15, 0.2) is 48.8 Å². The summed E-state index contributed by atoms with van der Waals surface area (Å²) in [6.45, 7) is 1.82. The van der Waals surface area contributed by atoms with Crippen molar-refractivity contribution in [3.8, 4) is 0 Å². The van der Waals surface area contributed by atoms with Crippen LogP contribution in [0.2, 0.25) is 5.02 Å². The fraction of sp³-hybridized carbons (Fsp3) is 0.389. The summed E-state index contributed by atoms with van der Waals surface area (Å²) < 4.78 is 0. The van der Waals surface area contributed by atoms with Crippen LogP contribution >= 0.6 is 11.6 Å². The topological polar surface area (TPSA) is 19.4 Å². The van der Waals surface area contributed by atoms with Crippen molar-refractivity contribution in [2.24, 2.45) is 0 Å². The number of likely N-dealkylation sites (N-methyl/N-ethyl adjacent to an activating group) is 1. The number of nitrogens with zero attached hydrogens (tertiary/aromatic N) is 3. The summed E-state index contributed by atoms with van der Waals surface area (Å²) in [5.41, 5.74) is 2.58. The maximum Gasteiger partial charge on any atom is 0.0745 e. The van der Waals surface area contributed by atoms with Gasteiger partial charge in [-0.3, -0.25) is 4.98 Å². The molecule has 1 aliphatic carbocycles. The van der Waals surface area contributed by atoms with Crippen molar-refractivity contribution in [1.29, 1.82) is 0 Å². The van der Waals surface area contributed by atoms with Gasteiger partial charge in [-0.25, -0.2) is 0 Å². The Balaban J connectivity index is 1.87. The van der Waals surface area contributed by atoms with Crippen molar-refractivity contribution in [2.45, 2.75) is 24.9 Å². The van der Waals surface area contributed by atoms with Crippen LogP contribution in [0.25, 0.3) is 0 Å². The molecular formula is C18H22ClN3. The first-order valence-electron chi connectivity index (χ1n) is 7.67. The number of benzene rings is 1. The molecule has 4 heteroatoms. The molecule has 1 saturated carbocycles. The molecule has 1 aromatic carbocycles. The SMILES string of the molecule is CN(C)C1(CN(Cc2ccccc2)c2cnccc2Cl)CC1. The molecule has 0 aliphatic heterocycles. The maximum atomic E-state index is 6.42. The second-order valence-corrected chi connectivity index (χ2v) is 6.69. The van der Waals surface area contributed by atoms with Crippen molar-refractivity contribution in [1.82, 2.24) is 9.88 Å². The fourth-order valence-electron chi connectivity index (χ4n) is 2.88. The molecule has 116 valence electrons. The van der Waals surface area contributed by atoms with E-state index in [4.69, 9.17) is 11.6 Å². The predicted molar refractivity (Wildman–Crippen MR) is 92.4 cm³/mol. The molecule has 0 atom stereocenters. The average molecular weight is 316 g/mol. The summed E-state index contributed by atoms with van der Waals surface area (Å²) in [6, 6.07) is 12.4. The first kappa shape index (κ1) is 15.3. The van der Waals surface area contributed by atoms with Gasteiger partial charge in [0.05, 0.1) is 16.9 Å². The minimum atomic E-state index is 0.272. The van der Waals surface area contributed by atoms with Gasteiger partial charge in [-0.1, -0.05) is 41.9 Å². The van der Waals surface area contributed by atoms with Crippen LogP contribution in [0.1, 0.15) is 18.4 Å². The fourth-order valence-corrected chi connectivity index (χ4v) is 3.10. The molecule has 0 bridgehead atoms.